The van der Waals surface area contributed by atoms with Crippen molar-refractivity contribution in [1.29, 1.82) is 0 Å². The highest BCUT2D eigenvalue weighted by atomic mass is 16.5. The summed E-state index contributed by atoms with van der Waals surface area (Å²) in [5, 5.41) is 0. The Morgan fingerprint density at radius 2 is 2.33 bits per heavy atom. The molecule has 4 heteroatoms. The van der Waals surface area contributed by atoms with E-state index in [-0.39, 0.29) is 5.56 Å². The van der Waals surface area contributed by atoms with Crippen molar-refractivity contribution in [3.05, 3.63) is 63.8 Å². The van der Waals surface area contributed by atoms with Crippen LogP contribution in [0.25, 0.3) is 0 Å². The maximum atomic E-state index is 12.0. The topological polar surface area (TPSA) is 44.1 Å². The maximum absolute atomic E-state index is 12.0. The molecular formula is C14H14N2O2. The number of aromatic nitrogens is 2. The first-order chi connectivity index (χ1) is 8.83. The van der Waals surface area contributed by atoms with Gasteiger partial charge in [-0.15, -0.1) is 0 Å². The minimum atomic E-state index is 0.0412. The van der Waals surface area contributed by atoms with Crippen molar-refractivity contribution < 1.29 is 4.74 Å². The zero-order valence-electron chi connectivity index (χ0n) is 10.0. The molecule has 0 spiro atoms. The molecule has 0 aromatic carbocycles. The zero-order valence-corrected chi connectivity index (χ0v) is 10.0. The summed E-state index contributed by atoms with van der Waals surface area (Å²) in [6, 6.07) is 5.57. The number of nitrogens with zero attached hydrogens (tertiary/aromatic N) is 2. The van der Waals surface area contributed by atoms with E-state index in [0.717, 1.165) is 23.1 Å². The number of pyridine rings is 2. The predicted octanol–water partition coefficient (Wildman–Crippen LogP) is 1.36. The molecule has 0 saturated heterocycles. The first-order valence-corrected chi connectivity index (χ1v) is 6.02. The number of ether oxygens (including phenoxy) is 1. The van der Waals surface area contributed by atoms with E-state index >= 15 is 0 Å². The van der Waals surface area contributed by atoms with Crippen molar-refractivity contribution in [2.24, 2.45) is 0 Å². The van der Waals surface area contributed by atoms with E-state index in [9.17, 15) is 4.79 Å². The molecule has 1 aliphatic heterocycles. The fourth-order valence-electron chi connectivity index (χ4n) is 2.20. The van der Waals surface area contributed by atoms with E-state index < -0.39 is 0 Å². The lowest BCUT2D eigenvalue weighted by Gasteiger charge is -2.17. The van der Waals surface area contributed by atoms with Gasteiger partial charge in [-0.1, -0.05) is 6.07 Å². The second kappa shape index (κ2) is 4.74. The Bertz CT molecular complexity index is 605. The van der Waals surface area contributed by atoms with Crippen molar-refractivity contribution in [1.82, 2.24) is 9.55 Å². The van der Waals surface area contributed by atoms with E-state index in [1.165, 1.54) is 0 Å². The highest BCUT2D eigenvalue weighted by molar-refractivity contribution is 5.25. The molecule has 2 aromatic rings. The summed E-state index contributed by atoms with van der Waals surface area (Å²) in [7, 11) is 0. The average molecular weight is 242 g/mol. The summed E-state index contributed by atoms with van der Waals surface area (Å²) in [5.74, 6) is 0. The second-order valence-corrected chi connectivity index (χ2v) is 4.45. The van der Waals surface area contributed by atoms with Crippen LogP contribution >= 0.6 is 0 Å². The molecule has 0 amide bonds. The SMILES string of the molecule is O=c1cc2c(cn1Cc1cccnc1)COCC2. The Morgan fingerprint density at radius 3 is 3.17 bits per heavy atom. The summed E-state index contributed by atoms with van der Waals surface area (Å²) < 4.78 is 7.13. The molecule has 18 heavy (non-hydrogen) atoms. The van der Waals surface area contributed by atoms with Crippen molar-refractivity contribution in [2.75, 3.05) is 6.61 Å². The highest BCUT2D eigenvalue weighted by Gasteiger charge is 2.11. The Balaban J connectivity index is 1.95. The Hall–Kier alpha value is -1.94. The molecule has 0 fully saturated rings. The van der Waals surface area contributed by atoms with Gasteiger partial charge in [0.2, 0.25) is 0 Å². The normalized spacial score (nSPS) is 14.2. The van der Waals surface area contributed by atoms with E-state index in [0.29, 0.717) is 19.8 Å². The summed E-state index contributed by atoms with van der Waals surface area (Å²) in [6.07, 6.45) is 6.25. The summed E-state index contributed by atoms with van der Waals surface area (Å²) in [5.41, 5.74) is 3.30. The zero-order chi connectivity index (χ0) is 12.4. The van der Waals surface area contributed by atoms with Gasteiger partial charge in [0, 0.05) is 24.7 Å². The molecule has 2 aromatic heterocycles. The minimum absolute atomic E-state index is 0.0412. The molecule has 0 radical (unpaired) electrons. The van der Waals surface area contributed by atoms with Crippen LogP contribution in [0.15, 0.2) is 41.6 Å². The van der Waals surface area contributed by atoms with Crippen LogP contribution in [0.5, 0.6) is 0 Å². The number of rotatable bonds is 2. The smallest absolute Gasteiger partial charge is 0.251 e. The van der Waals surface area contributed by atoms with Crippen molar-refractivity contribution >= 4 is 0 Å². The van der Waals surface area contributed by atoms with Gasteiger partial charge in [-0.2, -0.15) is 0 Å². The molecule has 0 aliphatic carbocycles. The third-order valence-electron chi connectivity index (χ3n) is 3.15. The van der Waals surface area contributed by atoms with Crippen molar-refractivity contribution in [3.8, 4) is 0 Å². The van der Waals surface area contributed by atoms with Gasteiger partial charge in [-0.25, -0.2) is 0 Å². The van der Waals surface area contributed by atoms with Crippen LogP contribution in [-0.4, -0.2) is 16.2 Å². The third-order valence-corrected chi connectivity index (χ3v) is 3.15. The molecule has 0 atom stereocenters. The number of hydrogen-bond donors (Lipinski definition) is 0. The van der Waals surface area contributed by atoms with Crippen molar-refractivity contribution in [2.45, 2.75) is 19.6 Å². The van der Waals surface area contributed by atoms with Gasteiger partial charge in [-0.3, -0.25) is 9.78 Å². The molecule has 0 unspecified atom stereocenters. The molecule has 3 heterocycles. The summed E-state index contributed by atoms with van der Waals surface area (Å²) in [6.45, 7) is 1.86. The fourth-order valence-corrected chi connectivity index (χ4v) is 2.20. The largest absolute Gasteiger partial charge is 0.376 e. The van der Waals surface area contributed by atoms with Gasteiger partial charge in [-0.05, 0) is 29.2 Å². The van der Waals surface area contributed by atoms with Gasteiger partial charge >= 0.3 is 0 Å². The monoisotopic (exact) mass is 242 g/mol. The molecular weight excluding hydrogens is 228 g/mol. The van der Waals surface area contributed by atoms with Crippen LogP contribution in [0.4, 0.5) is 0 Å². The Labute approximate surface area is 105 Å². The van der Waals surface area contributed by atoms with Crippen LogP contribution in [0.3, 0.4) is 0 Å². The molecule has 0 N–H and O–H groups in total. The Kier molecular flexibility index (Phi) is 2.94. The molecule has 3 rings (SSSR count). The second-order valence-electron chi connectivity index (χ2n) is 4.45. The van der Waals surface area contributed by atoms with Gasteiger partial charge in [0.05, 0.1) is 19.8 Å². The molecule has 92 valence electrons. The van der Waals surface area contributed by atoms with E-state index in [4.69, 9.17) is 4.74 Å². The van der Waals surface area contributed by atoms with Crippen molar-refractivity contribution in [3.63, 3.8) is 0 Å². The lowest BCUT2D eigenvalue weighted by Crippen LogP contribution is -2.24. The number of hydrogen-bond acceptors (Lipinski definition) is 3. The van der Waals surface area contributed by atoms with Gasteiger partial charge in [0.1, 0.15) is 0 Å². The molecule has 4 nitrogen and oxygen atoms in total. The molecule has 0 bridgehead atoms. The van der Waals surface area contributed by atoms with E-state index in [2.05, 4.69) is 4.98 Å². The third kappa shape index (κ3) is 2.19. The van der Waals surface area contributed by atoms with Crippen LogP contribution in [0.2, 0.25) is 0 Å². The first-order valence-electron chi connectivity index (χ1n) is 6.02. The van der Waals surface area contributed by atoms with Crippen LogP contribution < -0.4 is 5.56 Å². The van der Waals surface area contributed by atoms with Crippen LogP contribution in [0, 0.1) is 0 Å². The van der Waals surface area contributed by atoms with Gasteiger partial charge in [0.15, 0.2) is 0 Å². The number of fused-ring (bicyclic) bond motifs is 1. The van der Waals surface area contributed by atoms with Crippen LogP contribution in [0.1, 0.15) is 16.7 Å². The quantitative estimate of drug-likeness (QED) is 0.798. The highest BCUT2D eigenvalue weighted by Crippen LogP contribution is 2.14. The summed E-state index contributed by atoms with van der Waals surface area (Å²) in [4.78, 5) is 16.1. The fraction of sp³-hybridized carbons (Fsp3) is 0.286. The Morgan fingerprint density at radius 1 is 1.39 bits per heavy atom. The first kappa shape index (κ1) is 11.2. The van der Waals surface area contributed by atoms with Gasteiger partial charge in [0.25, 0.3) is 5.56 Å². The van der Waals surface area contributed by atoms with Gasteiger partial charge < -0.3 is 9.30 Å². The molecule has 1 aliphatic rings. The van der Waals surface area contributed by atoms with E-state index in [1.807, 2.05) is 18.3 Å². The average Bonchev–Trinajstić information content (AvgIpc) is 2.41. The van der Waals surface area contributed by atoms with Crippen LogP contribution in [-0.2, 0) is 24.3 Å². The summed E-state index contributed by atoms with van der Waals surface area (Å²) >= 11 is 0. The lowest BCUT2D eigenvalue weighted by atomic mass is 10.1. The predicted molar refractivity (Wildman–Crippen MR) is 67.4 cm³/mol. The lowest BCUT2D eigenvalue weighted by molar-refractivity contribution is 0.110. The minimum Gasteiger partial charge on any atom is -0.376 e. The maximum Gasteiger partial charge on any atom is 0.251 e. The molecule has 0 saturated carbocycles. The van der Waals surface area contributed by atoms with E-state index in [1.54, 1.807) is 23.0 Å². The standard InChI is InChI=1S/C14H14N2O2/c17-14-6-12-3-5-18-10-13(12)9-16(14)8-11-2-1-4-15-7-11/h1-2,4,6-7,9H,3,5,8,10H2.